The Balaban J connectivity index is 1.63. The van der Waals surface area contributed by atoms with Crippen molar-refractivity contribution in [3.8, 4) is 0 Å². The fourth-order valence-corrected chi connectivity index (χ4v) is 4.32. The molecule has 2 aromatic rings. The summed E-state index contributed by atoms with van der Waals surface area (Å²) in [6.07, 6.45) is 2.92. The molecule has 4 rings (SSSR count). The smallest absolute Gasteiger partial charge is 0.239 e. The molecule has 1 atom stereocenters. The molecule has 29 heavy (non-hydrogen) atoms. The molecule has 2 heterocycles. The van der Waals surface area contributed by atoms with Crippen LogP contribution < -0.4 is 15.5 Å². The van der Waals surface area contributed by atoms with E-state index in [1.165, 1.54) is 0 Å². The van der Waals surface area contributed by atoms with Gasteiger partial charge in [0.2, 0.25) is 5.91 Å². The fraction of sp³-hybridized carbons (Fsp3) is 0.391. The zero-order chi connectivity index (χ0) is 20.6. The number of carbonyl (C=O) groups is 2. The highest BCUT2D eigenvalue weighted by molar-refractivity contribution is 6.01. The van der Waals surface area contributed by atoms with Crippen LogP contribution in [-0.2, 0) is 16.1 Å². The van der Waals surface area contributed by atoms with E-state index < -0.39 is 0 Å². The van der Waals surface area contributed by atoms with E-state index in [1.807, 2.05) is 42.2 Å². The first-order valence-corrected chi connectivity index (χ1v) is 10.0. The van der Waals surface area contributed by atoms with Gasteiger partial charge in [-0.1, -0.05) is 26.0 Å². The summed E-state index contributed by atoms with van der Waals surface area (Å²) in [7, 11) is 0. The zero-order valence-electron chi connectivity index (χ0n) is 17.1. The third-order valence-corrected chi connectivity index (χ3v) is 5.66. The molecule has 0 saturated heterocycles. The van der Waals surface area contributed by atoms with Crippen molar-refractivity contribution in [3.05, 3.63) is 59.7 Å². The highest BCUT2D eigenvalue weighted by Gasteiger charge is 2.39. The molecule has 6 nitrogen and oxygen atoms in total. The summed E-state index contributed by atoms with van der Waals surface area (Å²) in [5.74, 6) is 0.750. The molecule has 152 valence electrons. The molecule has 1 aliphatic carbocycles. The molecule has 0 fully saturated rings. The molecule has 6 heteroatoms. The largest absolute Gasteiger partial charge is 0.467 e. The number of ketones is 1. The first-order chi connectivity index (χ1) is 13.8. The molecule has 1 amide bonds. The van der Waals surface area contributed by atoms with E-state index in [4.69, 9.17) is 4.42 Å². The maximum atomic E-state index is 13.0. The minimum Gasteiger partial charge on any atom is -0.467 e. The van der Waals surface area contributed by atoms with Gasteiger partial charge < -0.3 is 20.0 Å². The van der Waals surface area contributed by atoms with Crippen LogP contribution in [0.2, 0.25) is 0 Å². The Labute approximate surface area is 171 Å². The summed E-state index contributed by atoms with van der Waals surface area (Å²) in [4.78, 5) is 27.7. The molecule has 1 aromatic carbocycles. The minimum absolute atomic E-state index is 0.0762. The Morgan fingerprint density at radius 2 is 2.03 bits per heavy atom. The number of anilines is 2. The van der Waals surface area contributed by atoms with Gasteiger partial charge in [0.1, 0.15) is 5.76 Å². The van der Waals surface area contributed by atoms with Gasteiger partial charge in [-0.15, -0.1) is 0 Å². The van der Waals surface area contributed by atoms with Gasteiger partial charge in [-0.25, -0.2) is 0 Å². The Kier molecular flexibility index (Phi) is 4.94. The fourth-order valence-electron chi connectivity index (χ4n) is 4.32. The number of rotatable bonds is 4. The normalized spacial score (nSPS) is 20.4. The van der Waals surface area contributed by atoms with Gasteiger partial charge in [0.05, 0.1) is 36.8 Å². The number of fused-ring (bicyclic) bond motifs is 1. The van der Waals surface area contributed by atoms with Gasteiger partial charge in [-0.2, -0.15) is 0 Å². The van der Waals surface area contributed by atoms with E-state index in [2.05, 4.69) is 24.5 Å². The van der Waals surface area contributed by atoms with Crippen molar-refractivity contribution >= 4 is 23.1 Å². The van der Waals surface area contributed by atoms with Crippen LogP contribution >= 0.6 is 0 Å². The minimum atomic E-state index is -0.195. The number of carbonyl (C=O) groups excluding carboxylic acids is 2. The molecule has 0 bridgehead atoms. The van der Waals surface area contributed by atoms with E-state index in [0.717, 1.165) is 29.1 Å². The van der Waals surface area contributed by atoms with Crippen molar-refractivity contribution in [1.29, 1.82) is 0 Å². The Morgan fingerprint density at radius 1 is 1.24 bits per heavy atom. The molecule has 0 saturated carbocycles. The highest BCUT2D eigenvalue weighted by Crippen LogP contribution is 2.43. The number of benzene rings is 1. The van der Waals surface area contributed by atoms with Gasteiger partial charge in [-0.3, -0.25) is 9.59 Å². The zero-order valence-corrected chi connectivity index (χ0v) is 17.1. The average molecular weight is 393 g/mol. The molecule has 2 N–H and O–H groups in total. The predicted octanol–water partition coefficient (Wildman–Crippen LogP) is 3.86. The lowest BCUT2D eigenvalue weighted by Gasteiger charge is -2.36. The summed E-state index contributed by atoms with van der Waals surface area (Å²) in [5, 5.41) is 6.41. The predicted molar refractivity (Wildman–Crippen MR) is 112 cm³/mol. The summed E-state index contributed by atoms with van der Waals surface area (Å²) in [5.41, 5.74) is 3.54. The molecule has 1 unspecified atom stereocenters. The summed E-state index contributed by atoms with van der Waals surface area (Å²) < 4.78 is 5.29. The number of furan rings is 1. The van der Waals surface area contributed by atoms with Crippen LogP contribution in [0.15, 0.2) is 58.3 Å². The number of hydrogen-bond acceptors (Lipinski definition) is 5. The maximum Gasteiger partial charge on any atom is 0.239 e. The third kappa shape index (κ3) is 3.92. The second-order valence-electron chi connectivity index (χ2n) is 8.64. The summed E-state index contributed by atoms with van der Waals surface area (Å²) in [6, 6.07) is 11.3. The van der Waals surface area contributed by atoms with Crippen LogP contribution in [0, 0.1) is 5.41 Å². The lowest BCUT2D eigenvalue weighted by molar-refractivity contribution is -0.121. The van der Waals surface area contributed by atoms with Gasteiger partial charge in [0.25, 0.3) is 0 Å². The molecular formula is C23H27N3O3. The molecule has 1 aromatic heterocycles. The maximum absolute atomic E-state index is 13.0. The van der Waals surface area contributed by atoms with E-state index in [9.17, 15) is 9.59 Å². The van der Waals surface area contributed by atoms with Crippen molar-refractivity contribution < 1.29 is 14.0 Å². The number of Topliss-reactive ketones (excluding diaryl/α,β-unsaturated/α-hetero) is 1. The lowest BCUT2D eigenvalue weighted by Crippen LogP contribution is -2.44. The van der Waals surface area contributed by atoms with Crippen molar-refractivity contribution in [2.24, 2.45) is 5.41 Å². The molecule has 2 aliphatic rings. The van der Waals surface area contributed by atoms with Crippen LogP contribution in [0.25, 0.3) is 0 Å². The second kappa shape index (κ2) is 7.43. The molecular weight excluding hydrogens is 366 g/mol. The number of hydrogen-bond donors (Lipinski definition) is 2. The van der Waals surface area contributed by atoms with E-state index in [-0.39, 0.29) is 29.7 Å². The van der Waals surface area contributed by atoms with Crippen LogP contribution in [0.1, 0.15) is 39.4 Å². The summed E-state index contributed by atoms with van der Waals surface area (Å²) in [6.45, 7) is 6.76. The van der Waals surface area contributed by atoms with Gasteiger partial charge in [-0.05, 0) is 43.0 Å². The number of allylic oxidation sites excluding steroid dienone is 1. The van der Waals surface area contributed by atoms with E-state index in [0.29, 0.717) is 18.7 Å². The van der Waals surface area contributed by atoms with Crippen molar-refractivity contribution in [2.45, 2.75) is 46.2 Å². The number of nitrogens with zero attached hydrogens (tertiary/aromatic N) is 1. The van der Waals surface area contributed by atoms with Gasteiger partial charge >= 0.3 is 0 Å². The Morgan fingerprint density at radius 3 is 2.79 bits per heavy atom. The van der Waals surface area contributed by atoms with Crippen molar-refractivity contribution in [3.63, 3.8) is 0 Å². The topological polar surface area (TPSA) is 74.6 Å². The van der Waals surface area contributed by atoms with Gasteiger partial charge in [0, 0.05) is 17.7 Å². The second-order valence-corrected chi connectivity index (χ2v) is 8.64. The third-order valence-electron chi connectivity index (χ3n) is 5.66. The van der Waals surface area contributed by atoms with Crippen LogP contribution in [0.5, 0.6) is 0 Å². The molecule has 0 radical (unpaired) electrons. The monoisotopic (exact) mass is 393 g/mol. The van der Waals surface area contributed by atoms with Crippen LogP contribution in [0.4, 0.5) is 11.4 Å². The van der Waals surface area contributed by atoms with Crippen molar-refractivity contribution in [2.75, 3.05) is 16.8 Å². The van der Waals surface area contributed by atoms with Crippen LogP contribution in [-0.4, -0.2) is 24.3 Å². The number of para-hydroxylation sites is 2. The number of nitrogens with one attached hydrogen (secondary N) is 2. The average Bonchev–Trinajstić information content (AvgIpc) is 3.13. The Hall–Kier alpha value is -3.02. The van der Waals surface area contributed by atoms with E-state index in [1.54, 1.807) is 12.3 Å². The highest BCUT2D eigenvalue weighted by atomic mass is 16.3. The molecule has 0 spiro atoms. The summed E-state index contributed by atoms with van der Waals surface area (Å²) >= 11 is 0. The molecule has 1 aliphatic heterocycles. The Bertz CT molecular complexity index is 960. The first-order valence-electron chi connectivity index (χ1n) is 10.0. The van der Waals surface area contributed by atoms with Crippen LogP contribution in [0.3, 0.4) is 0 Å². The van der Waals surface area contributed by atoms with E-state index >= 15 is 0 Å². The SMILES string of the molecule is CC1C2=C(CC(C)(C)CC2=O)Nc2ccccc2N1CC(=O)NCc1ccco1. The quantitative estimate of drug-likeness (QED) is 0.825. The lowest BCUT2D eigenvalue weighted by atomic mass is 9.74. The first kappa shape index (κ1) is 19.3. The standard InChI is InChI=1S/C23H27N3O3/c1-15-22-18(11-23(2,3)12-20(22)27)25-17-8-4-5-9-19(17)26(15)14-21(28)24-13-16-7-6-10-29-16/h4-10,15,25H,11-14H2,1-3H3,(H,24,28). The van der Waals surface area contributed by atoms with Gasteiger partial charge in [0.15, 0.2) is 5.78 Å². The number of amides is 1. The van der Waals surface area contributed by atoms with Crippen molar-refractivity contribution in [1.82, 2.24) is 5.32 Å².